The molecule has 0 bridgehead atoms. The summed E-state index contributed by atoms with van der Waals surface area (Å²) in [5.41, 5.74) is -0.241. The summed E-state index contributed by atoms with van der Waals surface area (Å²) in [6.07, 6.45) is 0.793. The molecule has 2 aromatic rings. The topological polar surface area (TPSA) is 39.4 Å². The predicted octanol–water partition coefficient (Wildman–Crippen LogP) is 4.05. The van der Waals surface area contributed by atoms with Crippen LogP contribution in [0.4, 0.5) is 0 Å². The minimum absolute atomic E-state index is 0.170. The highest BCUT2D eigenvalue weighted by Gasteiger charge is 2.62. The average molecular weight is 272 g/mol. The number of furan rings is 1. The lowest BCUT2D eigenvalue weighted by molar-refractivity contribution is -0.159. The summed E-state index contributed by atoms with van der Waals surface area (Å²) < 4.78 is 11.5. The van der Waals surface area contributed by atoms with E-state index >= 15 is 0 Å². The van der Waals surface area contributed by atoms with Gasteiger partial charge in [0, 0.05) is 5.39 Å². The molecule has 0 spiro atoms. The van der Waals surface area contributed by atoms with E-state index in [2.05, 4.69) is 6.92 Å². The average Bonchev–Trinajstić information content (AvgIpc) is 2.84. The summed E-state index contributed by atoms with van der Waals surface area (Å²) in [6.45, 7) is 7.75. The van der Waals surface area contributed by atoms with Crippen molar-refractivity contribution in [2.75, 3.05) is 0 Å². The molecule has 1 heterocycles. The molecule has 0 aliphatic heterocycles. The highest BCUT2D eigenvalue weighted by molar-refractivity contribution is 5.89. The zero-order valence-corrected chi connectivity index (χ0v) is 12.4. The van der Waals surface area contributed by atoms with Gasteiger partial charge in [-0.1, -0.05) is 25.1 Å². The molecular weight excluding hydrogens is 252 g/mol. The third-order valence-electron chi connectivity index (χ3n) is 3.94. The molecule has 3 rings (SSSR count). The molecule has 106 valence electrons. The van der Waals surface area contributed by atoms with E-state index in [-0.39, 0.29) is 11.9 Å². The Kier molecular flexibility index (Phi) is 2.72. The van der Waals surface area contributed by atoms with Crippen molar-refractivity contribution in [2.45, 2.75) is 45.1 Å². The first-order chi connectivity index (χ1) is 9.33. The molecule has 0 radical (unpaired) electrons. The second kappa shape index (κ2) is 4.11. The standard InChI is InChI=1S/C17H20O3/c1-11-10-17(11,15(18)20-16(2,3)4)14-9-12-7-5-6-8-13(12)19-14/h5-9,11H,10H2,1-4H3. The fourth-order valence-corrected chi connectivity index (χ4v) is 2.72. The number of benzene rings is 1. The van der Waals surface area contributed by atoms with Gasteiger partial charge in [-0.25, -0.2) is 0 Å². The SMILES string of the molecule is CC1CC1(C(=O)OC(C)(C)C)c1cc2ccccc2o1. The van der Waals surface area contributed by atoms with Crippen LogP contribution in [0.15, 0.2) is 34.7 Å². The van der Waals surface area contributed by atoms with Gasteiger partial charge >= 0.3 is 5.97 Å². The summed E-state index contributed by atoms with van der Waals surface area (Å²) in [6, 6.07) is 9.81. The fourth-order valence-electron chi connectivity index (χ4n) is 2.72. The van der Waals surface area contributed by atoms with Gasteiger partial charge in [-0.05, 0) is 45.2 Å². The first-order valence-corrected chi connectivity index (χ1v) is 7.05. The van der Waals surface area contributed by atoms with Crippen LogP contribution in [0.1, 0.15) is 39.9 Å². The van der Waals surface area contributed by atoms with Crippen molar-refractivity contribution >= 4 is 16.9 Å². The molecule has 0 saturated heterocycles. The molecule has 3 heteroatoms. The molecule has 3 nitrogen and oxygen atoms in total. The van der Waals surface area contributed by atoms with Crippen LogP contribution in [-0.4, -0.2) is 11.6 Å². The van der Waals surface area contributed by atoms with E-state index in [9.17, 15) is 4.79 Å². The van der Waals surface area contributed by atoms with E-state index in [4.69, 9.17) is 9.15 Å². The molecule has 1 aliphatic carbocycles. The van der Waals surface area contributed by atoms with E-state index < -0.39 is 11.0 Å². The Hall–Kier alpha value is -1.77. The lowest BCUT2D eigenvalue weighted by Crippen LogP contribution is -2.32. The number of ether oxygens (including phenoxy) is 1. The Balaban J connectivity index is 1.99. The molecular formula is C17H20O3. The summed E-state index contributed by atoms with van der Waals surface area (Å²) in [4.78, 5) is 12.5. The van der Waals surface area contributed by atoms with Crippen LogP contribution >= 0.6 is 0 Å². The van der Waals surface area contributed by atoms with Crippen LogP contribution in [-0.2, 0) is 14.9 Å². The van der Waals surface area contributed by atoms with E-state index in [0.29, 0.717) is 0 Å². The minimum Gasteiger partial charge on any atom is -0.460 e. The predicted molar refractivity (Wildman–Crippen MR) is 77.5 cm³/mol. The molecule has 2 unspecified atom stereocenters. The van der Waals surface area contributed by atoms with Gasteiger partial charge in [-0.15, -0.1) is 0 Å². The number of para-hydroxylation sites is 1. The maximum absolute atomic E-state index is 12.5. The maximum atomic E-state index is 12.5. The lowest BCUT2D eigenvalue weighted by Gasteiger charge is -2.23. The molecule has 0 N–H and O–H groups in total. The number of carbonyl (C=O) groups excluding carboxylic acids is 1. The first-order valence-electron chi connectivity index (χ1n) is 7.05. The van der Waals surface area contributed by atoms with Crippen molar-refractivity contribution in [1.82, 2.24) is 0 Å². The van der Waals surface area contributed by atoms with E-state index in [0.717, 1.165) is 23.2 Å². The molecule has 1 saturated carbocycles. The van der Waals surface area contributed by atoms with Crippen molar-refractivity contribution in [3.8, 4) is 0 Å². The van der Waals surface area contributed by atoms with Gasteiger partial charge in [0.15, 0.2) is 0 Å². The summed E-state index contributed by atoms with van der Waals surface area (Å²) in [5.74, 6) is 0.829. The van der Waals surface area contributed by atoms with E-state index in [1.807, 2.05) is 51.1 Å². The number of hydrogen-bond acceptors (Lipinski definition) is 3. The third kappa shape index (κ3) is 2.01. The number of hydrogen-bond donors (Lipinski definition) is 0. The van der Waals surface area contributed by atoms with Crippen molar-refractivity contribution < 1.29 is 13.9 Å². The zero-order chi connectivity index (χ0) is 14.5. The zero-order valence-electron chi connectivity index (χ0n) is 12.4. The fraction of sp³-hybridized carbons (Fsp3) is 0.471. The smallest absolute Gasteiger partial charge is 0.320 e. The lowest BCUT2D eigenvalue weighted by atomic mass is 10.00. The Morgan fingerprint density at radius 1 is 1.35 bits per heavy atom. The van der Waals surface area contributed by atoms with Crippen molar-refractivity contribution in [3.05, 3.63) is 36.1 Å². The van der Waals surface area contributed by atoms with Gasteiger partial charge in [0.25, 0.3) is 0 Å². The monoisotopic (exact) mass is 272 g/mol. The Bertz CT molecular complexity index is 629. The second-order valence-corrected chi connectivity index (χ2v) is 6.73. The molecule has 1 aromatic carbocycles. The van der Waals surface area contributed by atoms with Crippen molar-refractivity contribution in [2.24, 2.45) is 5.92 Å². The third-order valence-corrected chi connectivity index (χ3v) is 3.94. The molecule has 1 aliphatic rings. The van der Waals surface area contributed by atoms with Crippen molar-refractivity contribution in [3.63, 3.8) is 0 Å². The number of esters is 1. The summed E-state index contributed by atoms with van der Waals surface area (Å²) in [7, 11) is 0. The summed E-state index contributed by atoms with van der Waals surface area (Å²) in [5, 5.41) is 1.03. The summed E-state index contributed by atoms with van der Waals surface area (Å²) >= 11 is 0. The van der Waals surface area contributed by atoms with E-state index in [1.54, 1.807) is 0 Å². The van der Waals surface area contributed by atoms with Gasteiger partial charge in [0.1, 0.15) is 22.4 Å². The highest BCUT2D eigenvalue weighted by atomic mass is 16.6. The normalized spacial score (nSPS) is 25.7. The Morgan fingerprint density at radius 2 is 2.00 bits per heavy atom. The van der Waals surface area contributed by atoms with Gasteiger partial charge in [0.05, 0.1) is 0 Å². The Morgan fingerprint density at radius 3 is 2.55 bits per heavy atom. The van der Waals surface area contributed by atoms with Gasteiger partial charge in [0.2, 0.25) is 0 Å². The van der Waals surface area contributed by atoms with Gasteiger partial charge in [-0.2, -0.15) is 0 Å². The Labute approximate surface area is 118 Å². The van der Waals surface area contributed by atoms with Crippen LogP contribution in [0, 0.1) is 5.92 Å². The van der Waals surface area contributed by atoms with Crippen LogP contribution < -0.4 is 0 Å². The number of rotatable bonds is 2. The quantitative estimate of drug-likeness (QED) is 0.774. The van der Waals surface area contributed by atoms with Crippen LogP contribution in [0.2, 0.25) is 0 Å². The molecule has 1 fully saturated rings. The highest BCUT2D eigenvalue weighted by Crippen LogP contribution is 2.56. The van der Waals surface area contributed by atoms with Crippen LogP contribution in [0.5, 0.6) is 0 Å². The maximum Gasteiger partial charge on any atom is 0.320 e. The largest absolute Gasteiger partial charge is 0.460 e. The molecule has 1 aromatic heterocycles. The first kappa shape index (κ1) is 13.2. The molecule has 2 atom stereocenters. The number of fused-ring (bicyclic) bond motifs is 1. The van der Waals surface area contributed by atoms with E-state index in [1.165, 1.54) is 0 Å². The molecule has 0 amide bonds. The van der Waals surface area contributed by atoms with Gasteiger partial charge < -0.3 is 9.15 Å². The van der Waals surface area contributed by atoms with Crippen LogP contribution in [0.3, 0.4) is 0 Å². The molecule has 20 heavy (non-hydrogen) atoms. The van der Waals surface area contributed by atoms with Gasteiger partial charge in [-0.3, -0.25) is 4.79 Å². The van der Waals surface area contributed by atoms with Crippen molar-refractivity contribution in [1.29, 1.82) is 0 Å². The minimum atomic E-state index is -0.591. The second-order valence-electron chi connectivity index (χ2n) is 6.73. The number of carbonyl (C=O) groups is 1. The van der Waals surface area contributed by atoms with Crippen LogP contribution in [0.25, 0.3) is 11.0 Å².